The van der Waals surface area contributed by atoms with Gasteiger partial charge in [-0.25, -0.2) is 0 Å². The Morgan fingerprint density at radius 3 is 2.60 bits per heavy atom. The molecule has 1 rings (SSSR count). The zero-order valence-electron chi connectivity index (χ0n) is 8.01. The highest BCUT2D eigenvalue weighted by Gasteiger charge is 2.08. The average molecular weight is 196 g/mol. The van der Waals surface area contributed by atoms with Gasteiger partial charge in [0.05, 0.1) is 11.4 Å². The zero-order chi connectivity index (χ0) is 11.1. The van der Waals surface area contributed by atoms with Crippen LogP contribution >= 0.6 is 0 Å². The molecule has 0 fully saturated rings. The van der Waals surface area contributed by atoms with E-state index in [0.29, 0.717) is 17.8 Å². The van der Waals surface area contributed by atoms with Gasteiger partial charge in [-0.1, -0.05) is 6.08 Å². The molecule has 0 atom stereocenters. The van der Waals surface area contributed by atoms with Gasteiger partial charge in [-0.15, -0.1) is 6.58 Å². The molecule has 0 aromatic rings. The van der Waals surface area contributed by atoms with Crippen LogP contribution in [0, 0.1) is 22.9 Å². The number of aliphatic imine (C=N–C) groups is 2. The Morgan fingerprint density at radius 2 is 2.00 bits per heavy atom. The Kier molecular flexibility index (Phi) is 3.76. The van der Waals surface area contributed by atoms with Crippen LogP contribution in [0.15, 0.2) is 46.4 Å². The highest BCUT2D eigenvalue weighted by molar-refractivity contribution is 6.21. The van der Waals surface area contributed by atoms with Crippen molar-refractivity contribution >= 4 is 11.4 Å². The molecule has 4 nitrogen and oxygen atoms in total. The molecule has 4 heteroatoms. The van der Waals surface area contributed by atoms with E-state index < -0.39 is 0 Å². The molecular formula is C11H8N4. The standard InChI is InChI=1S/C11H8N4/c1-2-3-9-6-10(14-7-12)4-5-11(9)15-8-13/h2,4-6H,1,3H2. The van der Waals surface area contributed by atoms with Crippen molar-refractivity contribution in [2.75, 3.05) is 0 Å². The van der Waals surface area contributed by atoms with E-state index in [2.05, 4.69) is 16.6 Å². The number of nitrogens with zero attached hydrogens (tertiary/aromatic N) is 4. The molecule has 72 valence electrons. The fourth-order valence-corrected chi connectivity index (χ4v) is 1.18. The second-order valence-electron chi connectivity index (χ2n) is 2.73. The van der Waals surface area contributed by atoms with Crippen LogP contribution < -0.4 is 0 Å². The van der Waals surface area contributed by atoms with Crippen LogP contribution in [0.4, 0.5) is 0 Å². The van der Waals surface area contributed by atoms with Crippen molar-refractivity contribution in [3.8, 4) is 12.4 Å². The summed E-state index contributed by atoms with van der Waals surface area (Å²) in [5.41, 5.74) is 1.99. The minimum absolute atomic E-state index is 0.561. The summed E-state index contributed by atoms with van der Waals surface area (Å²) >= 11 is 0. The molecule has 0 radical (unpaired) electrons. The molecule has 1 aliphatic carbocycles. The van der Waals surface area contributed by atoms with E-state index in [1.54, 1.807) is 36.7 Å². The highest BCUT2D eigenvalue weighted by atomic mass is 14.8. The lowest BCUT2D eigenvalue weighted by Crippen LogP contribution is -2.07. The molecule has 0 amide bonds. The first kappa shape index (κ1) is 10.6. The van der Waals surface area contributed by atoms with E-state index in [0.717, 1.165) is 5.57 Å². The minimum Gasteiger partial charge on any atom is -0.174 e. The van der Waals surface area contributed by atoms with E-state index in [-0.39, 0.29) is 0 Å². The third kappa shape index (κ3) is 2.75. The van der Waals surface area contributed by atoms with Gasteiger partial charge in [0, 0.05) is 0 Å². The number of rotatable bonds is 2. The maximum atomic E-state index is 8.47. The van der Waals surface area contributed by atoms with E-state index in [9.17, 15) is 0 Å². The fraction of sp³-hybridized carbons (Fsp3) is 0.0909. The van der Waals surface area contributed by atoms with Crippen molar-refractivity contribution in [1.29, 1.82) is 10.5 Å². The summed E-state index contributed by atoms with van der Waals surface area (Å²) in [7, 11) is 0. The third-order valence-corrected chi connectivity index (χ3v) is 1.78. The summed E-state index contributed by atoms with van der Waals surface area (Å²) in [6.45, 7) is 3.61. The zero-order valence-corrected chi connectivity index (χ0v) is 8.01. The second-order valence-corrected chi connectivity index (χ2v) is 2.73. The maximum Gasteiger partial charge on any atom is 0.206 e. The van der Waals surface area contributed by atoms with Crippen molar-refractivity contribution in [2.45, 2.75) is 6.42 Å². The Morgan fingerprint density at radius 1 is 1.27 bits per heavy atom. The molecule has 0 saturated carbocycles. The lowest BCUT2D eigenvalue weighted by atomic mass is 9.99. The van der Waals surface area contributed by atoms with Gasteiger partial charge in [0.25, 0.3) is 0 Å². The molecule has 0 heterocycles. The van der Waals surface area contributed by atoms with Crippen molar-refractivity contribution in [1.82, 2.24) is 0 Å². The second kappa shape index (κ2) is 5.31. The fourth-order valence-electron chi connectivity index (χ4n) is 1.18. The van der Waals surface area contributed by atoms with Gasteiger partial charge in [0.1, 0.15) is 0 Å². The van der Waals surface area contributed by atoms with Crippen molar-refractivity contribution in [2.24, 2.45) is 9.98 Å². The number of hydrogen-bond acceptors (Lipinski definition) is 4. The molecule has 0 aromatic heterocycles. The first-order valence-corrected chi connectivity index (χ1v) is 4.25. The molecule has 0 N–H and O–H groups in total. The summed E-state index contributed by atoms with van der Waals surface area (Å²) in [6, 6.07) is 0. The van der Waals surface area contributed by atoms with Gasteiger partial charge < -0.3 is 0 Å². The van der Waals surface area contributed by atoms with Crippen molar-refractivity contribution in [3.05, 3.63) is 36.5 Å². The largest absolute Gasteiger partial charge is 0.206 e. The first-order chi connectivity index (χ1) is 7.31. The van der Waals surface area contributed by atoms with Crippen LogP contribution in [-0.4, -0.2) is 11.4 Å². The molecule has 0 aliphatic heterocycles. The van der Waals surface area contributed by atoms with E-state index in [1.165, 1.54) is 0 Å². The predicted octanol–water partition coefficient (Wildman–Crippen LogP) is 1.90. The summed E-state index contributed by atoms with van der Waals surface area (Å²) in [5, 5.41) is 16.9. The molecule has 0 aromatic carbocycles. The van der Waals surface area contributed by atoms with Crippen LogP contribution in [0.2, 0.25) is 0 Å². The molecule has 0 bridgehead atoms. The Balaban J connectivity index is 3.08. The minimum atomic E-state index is 0.561. The highest BCUT2D eigenvalue weighted by Crippen LogP contribution is 2.12. The number of allylic oxidation sites excluding steroid dienone is 5. The van der Waals surface area contributed by atoms with Gasteiger partial charge in [0.15, 0.2) is 0 Å². The Labute approximate surface area is 87.9 Å². The Bertz CT molecular complexity index is 464. The van der Waals surface area contributed by atoms with E-state index >= 15 is 0 Å². The van der Waals surface area contributed by atoms with E-state index in [1.807, 2.05) is 0 Å². The molecule has 0 unspecified atom stereocenters. The lowest BCUT2D eigenvalue weighted by molar-refractivity contribution is 1.31. The maximum absolute atomic E-state index is 8.47. The van der Waals surface area contributed by atoms with Gasteiger partial charge >= 0.3 is 0 Å². The topological polar surface area (TPSA) is 72.3 Å². The van der Waals surface area contributed by atoms with Gasteiger partial charge in [-0.3, -0.25) is 0 Å². The summed E-state index contributed by atoms with van der Waals surface area (Å²) in [4.78, 5) is 7.26. The Hall–Kier alpha value is -2.46. The number of hydrogen-bond donors (Lipinski definition) is 0. The summed E-state index contributed by atoms with van der Waals surface area (Å²) in [5.74, 6) is 0. The number of nitriles is 2. The van der Waals surface area contributed by atoms with Gasteiger partial charge in [-0.2, -0.15) is 20.5 Å². The molecule has 1 aliphatic rings. The van der Waals surface area contributed by atoms with E-state index in [4.69, 9.17) is 10.5 Å². The van der Waals surface area contributed by atoms with Gasteiger partial charge in [0.2, 0.25) is 12.4 Å². The smallest absolute Gasteiger partial charge is 0.174 e. The van der Waals surface area contributed by atoms with Crippen LogP contribution in [-0.2, 0) is 0 Å². The van der Waals surface area contributed by atoms with Crippen LogP contribution in [0.1, 0.15) is 6.42 Å². The van der Waals surface area contributed by atoms with Gasteiger partial charge in [-0.05, 0) is 30.2 Å². The van der Waals surface area contributed by atoms with Crippen LogP contribution in [0.5, 0.6) is 0 Å². The summed E-state index contributed by atoms with van der Waals surface area (Å²) in [6.07, 6.45) is 10.8. The quantitative estimate of drug-likeness (QED) is 0.384. The third-order valence-electron chi connectivity index (χ3n) is 1.78. The van der Waals surface area contributed by atoms with Crippen LogP contribution in [0.25, 0.3) is 0 Å². The average Bonchev–Trinajstić information content (AvgIpc) is 2.23. The van der Waals surface area contributed by atoms with Crippen LogP contribution in [0.3, 0.4) is 0 Å². The van der Waals surface area contributed by atoms with Crippen molar-refractivity contribution < 1.29 is 0 Å². The van der Waals surface area contributed by atoms with Crippen molar-refractivity contribution in [3.63, 3.8) is 0 Å². The summed E-state index contributed by atoms with van der Waals surface area (Å²) < 4.78 is 0. The molecular weight excluding hydrogens is 188 g/mol. The monoisotopic (exact) mass is 196 g/mol. The SMILES string of the molecule is C=CCC1=CC(=NC#N)C=CC1=NC#N. The normalized spacial score (nSPS) is 19.5. The molecule has 15 heavy (non-hydrogen) atoms. The molecule has 0 saturated heterocycles. The molecule has 0 spiro atoms. The first-order valence-electron chi connectivity index (χ1n) is 4.25. The lowest BCUT2D eigenvalue weighted by Gasteiger charge is -2.07. The predicted molar refractivity (Wildman–Crippen MR) is 58.1 cm³/mol.